The van der Waals surface area contributed by atoms with E-state index < -0.39 is 0 Å². The van der Waals surface area contributed by atoms with Gasteiger partial charge in [-0.05, 0) is 19.4 Å². The smallest absolute Gasteiger partial charge is 0.242 e. The number of aromatic nitrogens is 2. The summed E-state index contributed by atoms with van der Waals surface area (Å²) >= 11 is 0. The average molecular weight is 295 g/mol. The summed E-state index contributed by atoms with van der Waals surface area (Å²) in [6.07, 6.45) is 3.44. The molecule has 0 spiro atoms. The number of ether oxygens (including phenoxy) is 1. The van der Waals surface area contributed by atoms with E-state index in [-0.39, 0.29) is 6.61 Å². The van der Waals surface area contributed by atoms with E-state index in [0.717, 1.165) is 51.4 Å². The molecule has 3 N–H and O–H groups in total. The van der Waals surface area contributed by atoms with Crippen LogP contribution in [0.4, 0.5) is 11.5 Å². The zero-order valence-electron chi connectivity index (χ0n) is 12.7. The number of nitrogens with two attached hydrogens (primary N) is 1. The Hall–Kier alpha value is -1.60. The predicted octanol–water partition coefficient (Wildman–Crippen LogP) is 0.352. The van der Waals surface area contributed by atoms with Gasteiger partial charge in [0.15, 0.2) is 5.82 Å². The van der Waals surface area contributed by atoms with Crippen LogP contribution in [0.1, 0.15) is 19.8 Å². The molecule has 0 atom stereocenters. The number of anilines is 2. The predicted molar refractivity (Wildman–Crippen MR) is 82.6 cm³/mol. The Bertz CT molecular complexity index is 443. The lowest BCUT2D eigenvalue weighted by Crippen LogP contribution is -2.33. The topological polar surface area (TPSA) is 87.7 Å². The molecule has 1 aliphatic heterocycles. The number of β-amino-alcohol motifs (C(OH)–C–C–N with tert-alkyl or cyclic N) is 1. The molecule has 2 rings (SSSR count). The maximum absolute atomic E-state index is 9.04. The summed E-state index contributed by atoms with van der Waals surface area (Å²) in [5.74, 6) is 1.22. The van der Waals surface area contributed by atoms with E-state index in [1.165, 1.54) is 6.33 Å². The molecule has 7 heteroatoms. The molecule has 0 aliphatic carbocycles. The summed E-state index contributed by atoms with van der Waals surface area (Å²) < 4.78 is 5.56. The standard InChI is InChI=1S/C14H25N5O2/c1-2-10-21-14-12(15)13(16-11-17-14)19-5-3-4-18(6-7-19)8-9-20/h11,20H,2-10,15H2,1H3. The van der Waals surface area contributed by atoms with Crippen LogP contribution in [-0.2, 0) is 0 Å². The normalized spacial score (nSPS) is 16.8. The fraction of sp³-hybridized carbons (Fsp3) is 0.714. The molecule has 0 unspecified atom stereocenters. The number of aliphatic hydroxyl groups excluding tert-OH is 1. The molecule has 0 amide bonds. The molecular weight excluding hydrogens is 270 g/mol. The van der Waals surface area contributed by atoms with E-state index in [2.05, 4.69) is 19.8 Å². The maximum atomic E-state index is 9.04. The van der Waals surface area contributed by atoms with Gasteiger partial charge >= 0.3 is 0 Å². The van der Waals surface area contributed by atoms with Crippen LogP contribution in [-0.4, -0.2) is 65.9 Å². The molecule has 1 saturated heterocycles. The van der Waals surface area contributed by atoms with Crippen molar-refractivity contribution in [3.8, 4) is 5.88 Å². The van der Waals surface area contributed by atoms with E-state index in [4.69, 9.17) is 15.6 Å². The molecule has 1 aromatic rings. The van der Waals surface area contributed by atoms with Crippen molar-refractivity contribution in [2.75, 3.05) is 56.6 Å². The Kier molecular flexibility index (Phi) is 6.01. The average Bonchev–Trinajstić information content (AvgIpc) is 2.72. The first-order chi connectivity index (χ1) is 10.3. The van der Waals surface area contributed by atoms with Gasteiger partial charge in [0, 0.05) is 26.2 Å². The molecule has 118 valence electrons. The molecule has 2 heterocycles. The molecule has 0 saturated carbocycles. The van der Waals surface area contributed by atoms with Crippen molar-refractivity contribution in [3.05, 3.63) is 6.33 Å². The zero-order valence-corrected chi connectivity index (χ0v) is 12.7. The van der Waals surface area contributed by atoms with E-state index in [9.17, 15) is 0 Å². The molecule has 0 radical (unpaired) electrons. The summed E-state index contributed by atoms with van der Waals surface area (Å²) in [7, 11) is 0. The second-order valence-electron chi connectivity index (χ2n) is 5.17. The van der Waals surface area contributed by atoms with Gasteiger partial charge in [-0.15, -0.1) is 0 Å². The van der Waals surface area contributed by atoms with Crippen molar-refractivity contribution in [3.63, 3.8) is 0 Å². The molecule has 0 bridgehead atoms. The minimum atomic E-state index is 0.199. The van der Waals surface area contributed by atoms with Gasteiger partial charge in [0.05, 0.1) is 13.2 Å². The van der Waals surface area contributed by atoms with Gasteiger partial charge in [0.2, 0.25) is 5.88 Å². The lowest BCUT2D eigenvalue weighted by atomic mass is 10.3. The molecule has 1 aromatic heterocycles. The number of aliphatic hydroxyl groups is 1. The molecule has 21 heavy (non-hydrogen) atoms. The summed E-state index contributed by atoms with van der Waals surface area (Å²) in [6.45, 7) is 7.19. The first kappa shape index (κ1) is 15.8. The van der Waals surface area contributed by atoms with E-state index in [1.54, 1.807) is 0 Å². The largest absolute Gasteiger partial charge is 0.476 e. The molecule has 1 fully saturated rings. The quantitative estimate of drug-likeness (QED) is 0.783. The fourth-order valence-electron chi connectivity index (χ4n) is 2.48. The maximum Gasteiger partial charge on any atom is 0.242 e. The van der Waals surface area contributed by atoms with Crippen molar-refractivity contribution in [2.45, 2.75) is 19.8 Å². The van der Waals surface area contributed by atoms with Gasteiger partial charge < -0.3 is 20.5 Å². The van der Waals surface area contributed by atoms with Crippen molar-refractivity contribution < 1.29 is 9.84 Å². The first-order valence-electron chi connectivity index (χ1n) is 7.57. The van der Waals surface area contributed by atoms with Crippen LogP contribution in [0.2, 0.25) is 0 Å². The highest BCUT2D eigenvalue weighted by Gasteiger charge is 2.19. The highest BCUT2D eigenvalue weighted by Crippen LogP contribution is 2.28. The summed E-state index contributed by atoms with van der Waals surface area (Å²) in [4.78, 5) is 12.9. The summed E-state index contributed by atoms with van der Waals surface area (Å²) in [5, 5.41) is 9.04. The highest BCUT2D eigenvalue weighted by atomic mass is 16.5. The van der Waals surface area contributed by atoms with E-state index in [0.29, 0.717) is 18.2 Å². The third kappa shape index (κ3) is 4.18. The zero-order chi connectivity index (χ0) is 15.1. The second-order valence-corrected chi connectivity index (χ2v) is 5.17. The second kappa shape index (κ2) is 7.99. The first-order valence-corrected chi connectivity index (χ1v) is 7.57. The highest BCUT2D eigenvalue weighted by molar-refractivity contribution is 5.67. The van der Waals surface area contributed by atoms with Crippen LogP contribution >= 0.6 is 0 Å². The fourth-order valence-corrected chi connectivity index (χ4v) is 2.48. The van der Waals surface area contributed by atoms with Gasteiger partial charge in [-0.3, -0.25) is 4.90 Å². The molecule has 1 aliphatic rings. The Morgan fingerprint density at radius 2 is 2.14 bits per heavy atom. The van der Waals surface area contributed by atoms with E-state index >= 15 is 0 Å². The van der Waals surface area contributed by atoms with Gasteiger partial charge in [-0.1, -0.05) is 6.92 Å². The number of hydrogen-bond acceptors (Lipinski definition) is 7. The van der Waals surface area contributed by atoms with Crippen molar-refractivity contribution in [2.24, 2.45) is 0 Å². The van der Waals surface area contributed by atoms with Crippen molar-refractivity contribution in [1.29, 1.82) is 0 Å². The summed E-state index contributed by atoms with van der Waals surface area (Å²) in [6, 6.07) is 0. The van der Waals surface area contributed by atoms with Crippen molar-refractivity contribution >= 4 is 11.5 Å². The number of nitrogen functional groups attached to an aromatic ring is 1. The van der Waals surface area contributed by atoms with Crippen molar-refractivity contribution in [1.82, 2.24) is 14.9 Å². The van der Waals surface area contributed by atoms with Crippen LogP contribution in [0.25, 0.3) is 0 Å². The lowest BCUT2D eigenvalue weighted by Gasteiger charge is -2.24. The van der Waals surface area contributed by atoms with Crippen LogP contribution in [0, 0.1) is 0 Å². The summed E-state index contributed by atoms with van der Waals surface area (Å²) in [5.41, 5.74) is 6.67. The van der Waals surface area contributed by atoms with Crippen LogP contribution in [0.5, 0.6) is 5.88 Å². The van der Waals surface area contributed by atoms with Gasteiger partial charge in [-0.25, -0.2) is 4.98 Å². The number of hydrogen-bond donors (Lipinski definition) is 2. The van der Waals surface area contributed by atoms with Crippen LogP contribution in [0.3, 0.4) is 0 Å². The Balaban J connectivity index is 2.07. The Labute approximate surface area is 125 Å². The number of rotatable bonds is 6. The SMILES string of the molecule is CCCOc1ncnc(N2CCCN(CCO)CC2)c1N. The molecule has 0 aromatic carbocycles. The van der Waals surface area contributed by atoms with Crippen LogP contribution < -0.4 is 15.4 Å². The monoisotopic (exact) mass is 295 g/mol. The van der Waals surface area contributed by atoms with Gasteiger partial charge in [0.25, 0.3) is 0 Å². The van der Waals surface area contributed by atoms with E-state index in [1.807, 2.05) is 6.92 Å². The van der Waals surface area contributed by atoms with Gasteiger partial charge in [-0.2, -0.15) is 4.98 Å². The van der Waals surface area contributed by atoms with Crippen LogP contribution in [0.15, 0.2) is 6.33 Å². The number of nitrogens with zero attached hydrogens (tertiary/aromatic N) is 4. The molecule has 7 nitrogen and oxygen atoms in total. The minimum Gasteiger partial charge on any atom is -0.476 e. The lowest BCUT2D eigenvalue weighted by molar-refractivity contribution is 0.204. The Morgan fingerprint density at radius 3 is 2.90 bits per heavy atom. The third-order valence-electron chi connectivity index (χ3n) is 3.57. The molecular formula is C14H25N5O2. The third-order valence-corrected chi connectivity index (χ3v) is 3.57. The minimum absolute atomic E-state index is 0.199. The van der Waals surface area contributed by atoms with Gasteiger partial charge in [0.1, 0.15) is 12.0 Å². The Morgan fingerprint density at radius 1 is 1.29 bits per heavy atom.